The number of nitrogens with one attached hydrogen (secondary N) is 1. The molecule has 1 rings (SSSR count). The Bertz CT molecular complexity index is 363. The van der Waals surface area contributed by atoms with Gasteiger partial charge in [0, 0.05) is 11.3 Å². The Balaban J connectivity index is 3.04. The van der Waals surface area contributed by atoms with Gasteiger partial charge in [-0.15, -0.1) is 0 Å². The first-order valence-corrected chi connectivity index (χ1v) is 3.94. The second-order valence-electron chi connectivity index (χ2n) is 2.75. The Morgan fingerprint density at radius 3 is 2.79 bits per heavy atom. The number of nitrogen functional groups attached to an aromatic ring is 1. The number of carbonyl (C=O) groups is 2. The van der Waals surface area contributed by atoms with Gasteiger partial charge < -0.3 is 10.5 Å². The normalized spacial score (nSPS) is 9.50. The maximum absolute atomic E-state index is 10.6. The number of carbonyl (C=O) groups excluding carboxylic acids is 1. The summed E-state index contributed by atoms with van der Waals surface area (Å²) >= 11 is 0. The zero-order valence-corrected chi connectivity index (χ0v) is 7.36. The molecule has 0 saturated carbocycles. The Morgan fingerprint density at radius 2 is 2.29 bits per heavy atom. The highest BCUT2D eigenvalue weighted by Gasteiger charge is 2.06. The molecule has 1 aromatic rings. The van der Waals surface area contributed by atoms with E-state index >= 15 is 0 Å². The van der Waals surface area contributed by atoms with Crippen LogP contribution in [0.5, 0.6) is 0 Å². The van der Waals surface area contributed by atoms with Gasteiger partial charge in [0.1, 0.15) is 6.29 Å². The number of carboxylic acid groups (broad SMARTS) is 1. The number of aldehydes is 1. The first-order chi connectivity index (χ1) is 6.67. The molecule has 0 aliphatic carbocycles. The molecule has 14 heavy (non-hydrogen) atoms. The molecule has 0 fully saturated rings. The smallest absolute Gasteiger partial charge is 0.307 e. The van der Waals surface area contributed by atoms with E-state index in [9.17, 15) is 9.59 Å². The number of hydrogen-bond donors (Lipinski definition) is 3. The number of hydrogen-bond acceptors (Lipinski definition) is 4. The molecule has 0 aliphatic heterocycles. The highest BCUT2D eigenvalue weighted by molar-refractivity contribution is 5.82. The third-order valence-electron chi connectivity index (χ3n) is 1.78. The molecule has 0 radical (unpaired) electrons. The van der Waals surface area contributed by atoms with E-state index < -0.39 is 5.97 Å². The maximum Gasteiger partial charge on any atom is 0.307 e. The van der Waals surface area contributed by atoms with Crippen molar-refractivity contribution in [3.8, 4) is 0 Å². The van der Waals surface area contributed by atoms with Gasteiger partial charge in [-0.3, -0.25) is 15.4 Å². The van der Waals surface area contributed by atoms with Gasteiger partial charge in [0.2, 0.25) is 0 Å². The molecule has 0 saturated heterocycles. The fourth-order valence-electron chi connectivity index (χ4n) is 1.12. The van der Waals surface area contributed by atoms with Gasteiger partial charge in [0.05, 0.1) is 6.42 Å². The van der Waals surface area contributed by atoms with Gasteiger partial charge >= 0.3 is 5.97 Å². The second-order valence-corrected chi connectivity index (χ2v) is 2.75. The van der Waals surface area contributed by atoms with Gasteiger partial charge in [0.25, 0.3) is 0 Å². The number of hydrazine groups is 1. The lowest BCUT2D eigenvalue weighted by Gasteiger charge is -2.04. The Kier molecular flexibility index (Phi) is 3.19. The third-order valence-corrected chi connectivity index (χ3v) is 1.78. The molecule has 4 N–H and O–H groups in total. The second kappa shape index (κ2) is 4.38. The minimum Gasteiger partial charge on any atom is -0.481 e. The molecule has 0 amide bonds. The lowest BCUT2D eigenvalue weighted by Crippen LogP contribution is -2.08. The monoisotopic (exact) mass is 194 g/mol. The van der Waals surface area contributed by atoms with Gasteiger partial charge in [-0.1, -0.05) is 6.07 Å². The molecule has 74 valence electrons. The number of nitrogens with two attached hydrogens (primary N) is 1. The lowest BCUT2D eigenvalue weighted by molar-refractivity contribution is -0.136. The summed E-state index contributed by atoms with van der Waals surface area (Å²) in [4.78, 5) is 21.1. The van der Waals surface area contributed by atoms with Crippen LogP contribution < -0.4 is 11.3 Å². The summed E-state index contributed by atoms with van der Waals surface area (Å²) < 4.78 is 0. The topological polar surface area (TPSA) is 92.4 Å². The van der Waals surface area contributed by atoms with Crippen molar-refractivity contribution in [2.24, 2.45) is 5.84 Å². The average Bonchev–Trinajstić information content (AvgIpc) is 2.17. The highest BCUT2D eigenvalue weighted by atomic mass is 16.4. The summed E-state index contributed by atoms with van der Waals surface area (Å²) in [6.45, 7) is 0. The fourth-order valence-corrected chi connectivity index (χ4v) is 1.12. The van der Waals surface area contributed by atoms with Gasteiger partial charge in [-0.25, -0.2) is 0 Å². The van der Waals surface area contributed by atoms with Crippen molar-refractivity contribution in [1.82, 2.24) is 0 Å². The van der Waals surface area contributed by atoms with Gasteiger partial charge in [-0.2, -0.15) is 0 Å². The van der Waals surface area contributed by atoms with E-state index in [2.05, 4.69) is 5.43 Å². The molecule has 0 heterocycles. The van der Waals surface area contributed by atoms with Crippen LogP contribution in [0.2, 0.25) is 0 Å². The minimum atomic E-state index is -0.971. The summed E-state index contributed by atoms with van der Waals surface area (Å²) in [5.41, 5.74) is 3.76. The van der Waals surface area contributed by atoms with Crippen LogP contribution in [0.3, 0.4) is 0 Å². The molecule has 1 aromatic carbocycles. The van der Waals surface area contributed by atoms with Crippen molar-refractivity contribution < 1.29 is 14.7 Å². The SMILES string of the molecule is NNc1ccc(CC(=O)O)c(C=O)c1. The zero-order chi connectivity index (χ0) is 10.6. The third kappa shape index (κ3) is 2.30. The van der Waals surface area contributed by atoms with Crippen LogP contribution in [0.25, 0.3) is 0 Å². The molecular formula is C9H10N2O3. The summed E-state index contributed by atoms with van der Waals surface area (Å²) in [6, 6.07) is 4.68. The van der Waals surface area contributed by atoms with E-state index in [1.165, 1.54) is 6.07 Å². The van der Waals surface area contributed by atoms with Crippen LogP contribution in [-0.2, 0) is 11.2 Å². The first-order valence-electron chi connectivity index (χ1n) is 3.94. The summed E-state index contributed by atoms with van der Waals surface area (Å²) in [5, 5.41) is 8.56. The predicted octanol–water partition coefficient (Wildman–Crippen LogP) is 0.412. The molecule has 0 bridgehead atoms. The van der Waals surface area contributed by atoms with Crippen molar-refractivity contribution in [2.45, 2.75) is 6.42 Å². The van der Waals surface area contributed by atoms with Crippen LogP contribution in [0.15, 0.2) is 18.2 Å². The van der Waals surface area contributed by atoms with Crippen molar-refractivity contribution in [3.05, 3.63) is 29.3 Å². The van der Waals surface area contributed by atoms with E-state index in [0.29, 0.717) is 23.1 Å². The molecule has 0 spiro atoms. The fraction of sp³-hybridized carbons (Fsp3) is 0.111. The van der Waals surface area contributed by atoms with Crippen molar-refractivity contribution >= 4 is 17.9 Å². The number of carboxylic acids is 1. The van der Waals surface area contributed by atoms with Crippen LogP contribution in [0.4, 0.5) is 5.69 Å². The number of rotatable bonds is 4. The Labute approximate surface area is 80.5 Å². The van der Waals surface area contributed by atoms with Crippen LogP contribution in [0, 0.1) is 0 Å². The van der Waals surface area contributed by atoms with E-state index in [1.54, 1.807) is 12.1 Å². The number of anilines is 1. The molecule has 5 nitrogen and oxygen atoms in total. The quantitative estimate of drug-likeness (QED) is 0.367. The van der Waals surface area contributed by atoms with Gasteiger partial charge in [-0.05, 0) is 17.7 Å². The molecule has 0 atom stereocenters. The molecule has 0 unspecified atom stereocenters. The van der Waals surface area contributed by atoms with Crippen LogP contribution >= 0.6 is 0 Å². The Morgan fingerprint density at radius 1 is 1.57 bits per heavy atom. The summed E-state index contributed by atoms with van der Waals surface area (Å²) in [6.07, 6.45) is 0.442. The van der Waals surface area contributed by atoms with E-state index in [1.807, 2.05) is 0 Å². The first kappa shape index (κ1) is 10.2. The van der Waals surface area contributed by atoms with E-state index in [4.69, 9.17) is 10.9 Å². The molecule has 0 aliphatic rings. The van der Waals surface area contributed by atoms with E-state index in [0.717, 1.165) is 0 Å². The van der Waals surface area contributed by atoms with Crippen molar-refractivity contribution in [1.29, 1.82) is 0 Å². The lowest BCUT2D eigenvalue weighted by atomic mass is 10.0. The highest BCUT2D eigenvalue weighted by Crippen LogP contribution is 2.14. The number of aliphatic carboxylic acids is 1. The van der Waals surface area contributed by atoms with Crippen LogP contribution in [-0.4, -0.2) is 17.4 Å². The summed E-state index contributed by atoms with van der Waals surface area (Å²) in [5.74, 6) is 4.17. The maximum atomic E-state index is 10.6. The van der Waals surface area contributed by atoms with Gasteiger partial charge in [0.15, 0.2) is 0 Å². The largest absolute Gasteiger partial charge is 0.481 e. The molecular weight excluding hydrogens is 184 g/mol. The molecule has 0 aromatic heterocycles. The Hall–Kier alpha value is -1.88. The van der Waals surface area contributed by atoms with Crippen molar-refractivity contribution in [3.63, 3.8) is 0 Å². The van der Waals surface area contributed by atoms with Crippen molar-refractivity contribution in [2.75, 3.05) is 5.43 Å². The minimum absolute atomic E-state index is 0.168. The van der Waals surface area contributed by atoms with Crippen LogP contribution in [0.1, 0.15) is 15.9 Å². The zero-order valence-electron chi connectivity index (χ0n) is 7.36. The summed E-state index contributed by atoms with van der Waals surface area (Å²) in [7, 11) is 0. The standard InChI is InChI=1S/C9H10N2O3/c10-11-8-2-1-6(4-9(13)14)7(3-8)5-12/h1-3,5,11H,4,10H2,(H,13,14). The molecule has 5 heteroatoms. The average molecular weight is 194 g/mol. The predicted molar refractivity (Wildman–Crippen MR) is 51.0 cm³/mol. The number of benzene rings is 1. The van der Waals surface area contributed by atoms with E-state index in [-0.39, 0.29) is 6.42 Å².